The molecule has 1 rings (SSSR count). The first-order valence-electron chi connectivity index (χ1n) is 16.5. The van der Waals surface area contributed by atoms with Gasteiger partial charge in [0.25, 0.3) is 0 Å². The summed E-state index contributed by atoms with van der Waals surface area (Å²) in [7, 11) is -4.54. The van der Waals surface area contributed by atoms with Gasteiger partial charge in [-0.1, -0.05) is 118 Å². The Hall–Kier alpha value is -0.910. The summed E-state index contributed by atoms with van der Waals surface area (Å²) in [6, 6.07) is 0. The first-order valence-corrected chi connectivity index (χ1v) is 17.9. The highest BCUT2D eigenvalue weighted by molar-refractivity contribution is 7.85. The third kappa shape index (κ3) is 14.0. The number of rotatable bonds is 24. The van der Waals surface area contributed by atoms with Gasteiger partial charge in [-0.25, -0.2) is 8.42 Å². The van der Waals surface area contributed by atoms with E-state index >= 15 is 0 Å². The molecule has 1 aromatic rings. The molecule has 0 unspecified atom stereocenters. The highest BCUT2D eigenvalue weighted by Gasteiger charge is 2.25. The molecule has 4 N–H and O–H groups in total. The van der Waals surface area contributed by atoms with Crippen molar-refractivity contribution in [3.8, 4) is 0 Å². The first kappa shape index (κ1) is 38.1. The van der Waals surface area contributed by atoms with Crippen molar-refractivity contribution < 1.29 is 13.0 Å². The van der Waals surface area contributed by atoms with Crippen LogP contribution in [-0.4, -0.2) is 13.0 Å². The monoisotopic (exact) mass is 567 g/mol. The van der Waals surface area contributed by atoms with E-state index in [1.54, 1.807) is 0 Å². The summed E-state index contributed by atoms with van der Waals surface area (Å²) in [5.74, 6) is 0. The summed E-state index contributed by atoms with van der Waals surface area (Å²) in [4.78, 5) is 0.194. The van der Waals surface area contributed by atoms with Gasteiger partial charge in [-0.15, -0.1) is 0 Å². The lowest BCUT2D eigenvalue weighted by Crippen LogP contribution is -2.18. The molecule has 230 valence electrons. The lowest BCUT2D eigenvalue weighted by atomic mass is 9.82. The Bertz CT molecular complexity index is 864. The fourth-order valence-corrected chi connectivity index (χ4v) is 7.00. The van der Waals surface area contributed by atoms with Gasteiger partial charge in [0.05, 0.1) is 4.90 Å². The molecule has 0 spiro atoms. The van der Waals surface area contributed by atoms with Crippen molar-refractivity contribution in [1.29, 1.82) is 0 Å². The molecule has 0 fully saturated rings. The van der Waals surface area contributed by atoms with Crippen LogP contribution in [0.2, 0.25) is 0 Å². The Morgan fingerprint density at radius 2 is 0.667 bits per heavy atom. The maximum atomic E-state index is 12.9. The number of quaternary nitrogens is 1. The van der Waals surface area contributed by atoms with Gasteiger partial charge in [0, 0.05) is 0 Å². The SMILES string of the molecule is CCCCCCCCCCCCc1c(CCCC)c(CCCC)c(CCCC)c(CCCC)c1S(=O)(=O)[O-].[NH4+]. The molecule has 4 nitrogen and oxygen atoms in total. The Kier molecular flexibility index (Phi) is 22.2. The number of unbranched alkanes of at least 4 members (excludes halogenated alkanes) is 13. The first-order chi connectivity index (χ1) is 18.4. The Morgan fingerprint density at radius 3 is 1.00 bits per heavy atom. The van der Waals surface area contributed by atoms with E-state index in [4.69, 9.17) is 0 Å². The third-order valence-electron chi connectivity index (χ3n) is 8.16. The number of hydrogen-bond acceptors (Lipinski definition) is 3. The maximum Gasteiger partial charge on any atom is 0.124 e. The van der Waals surface area contributed by atoms with E-state index in [1.807, 2.05) is 0 Å². The molecular weight excluding hydrogens is 502 g/mol. The van der Waals surface area contributed by atoms with E-state index in [0.29, 0.717) is 6.42 Å². The van der Waals surface area contributed by atoms with Crippen molar-refractivity contribution in [3.05, 3.63) is 27.8 Å². The van der Waals surface area contributed by atoms with Crippen LogP contribution in [0.15, 0.2) is 4.90 Å². The van der Waals surface area contributed by atoms with Gasteiger partial charge < -0.3 is 10.7 Å². The molecule has 0 aliphatic carbocycles. The zero-order valence-corrected chi connectivity index (χ0v) is 27.7. The number of benzene rings is 1. The molecule has 0 radical (unpaired) electrons. The molecule has 0 atom stereocenters. The highest BCUT2D eigenvalue weighted by atomic mass is 32.2. The molecule has 39 heavy (non-hydrogen) atoms. The second-order valence-corrected chi connectivity index (χ2v) is 12.8. The van der Waals surface area contributed by atoms with Crippen molar-refractivity contribution in [2.45, 2.75) is 187 Å². The topological polar surface area (TPSA) is 93.7 Å². The quantitative estimate of drug-likeness (QED) is 0.0994. The maximum absolute atomic E-state index is 12.9. The van der Waals surface area contributed by atoms with Crippen LogP contribution in [0, 0.1) is 0 Å². The van der Waals surface area contributed by atoms with Crippen LogP contribution in [0.1, 0.15) is 178 Å². The van der Waals surface area contributed by atoms with Gasteiger partial charge in [0.2, 0.25) is 0 Å². The van der Waals surface area contributed by atoms with E-state index in [0.717, 1.165) is 101 Å². The van der Waals surface area contributed by atoms with Crippen LogP contribution < -0.4 is 6.15 Å². The fourth-order valence-electron chi connectivity index (χ4n) is 5.94. The van der Waals surface area contributed by atoms with Gasteiger partial charge in [0.15, 0.2) is 0 Å². The standard InChI is InChI=1S/C34H62O3S.H3N/c1-6-11-16-17-18-19-20-21-22-23-28-33-31(26-14-9-4)29(24-12-7-2)30(25-13-8-3)32(27-15-10-5)34(33)38(35,36)37;/h6-28H2,1-5H3,(H,35,36,37);1H3. The van der Waals surface area contributed by atoms with Gasteiger partial charge in [-0.2, -0.15) is 0 Å². The summed E-state index contributed by atoms with van der Waals surface area (Å²) >= 11 is 0. The smallest absolute Gasteiger partial charge is 0.124 e. The van der Waals surface area contributed by atoms with Crippen LogP contribution in [0.3, 0.4) is 0 Å². The second kappa shape index (κ2) is 22.7. The predicted octanol–water partition coefficient (Wildman–Crippen LogP) is 10.8. The zero-order valence-electron chi connectivity index (χ0n) is 26.9. The Labute approximate surface area is 243 Å². The van der Waals surface area contributed by atoms with Crippen molar-refractivity contribution in [1.82, 2.24) is 6.15 Å². The normalized spacial score (nSPS) is 11.6. The summed E-state index contributed by atoms with van der Waals surface area (Å²) in [5.41, 5.74) is 5.67. The average Bonchev–Trinajstić information content (AvgIpc) is 2.89. The molecule has 1 aromatic carbocycles. The van der Waals surface area contributed by atoms with Crippen molar-refractivity contribution in [2.24, 2.45) is 0 Å². The van der Waals surface area contributed by atoms with Crippen molar-refractivity contribution in [2.75, 3.05) is 0 Å². The molecule has 0 saturated carbocycles. The summed E-state index contributed by atoms with van der Waals surface area (Å²) in [5, 5.41) is 0. The zero-order chi connectivity index (χ0) is 28.2. The van der Waals surface area contributed by atoms with Gasteiger partial charge in [-0.05, 0) is 92.0 Å². The minimum absolute atomic E-state index is 0. The van der Waals surface area contributed by atoms with Crippen molar-refractivity contribution in [3.63, 3.8) is 0 Å². The van der Waals surface area contributed by atoms with Gasteiger partial charge >= 0.3 is 0 Å². The van der Waals surface area contributed by atoms with Crippen LogP contribution in [0.25, 0.3) is 0 Å². The molecular formula is C34H65NO3S. The minimum atomic E-state index is -4.54. The Morgan fingerprint density at radius 1 is 0.410 bits per heavy atom. The lowest BCUT2D eigenvalue weighted by Gasteiger charge is -2.28. The number of hydrogen-bond donors (Lipinski definition) is 1. The van der Waals surface area contributed by atoms with Crippen LogP contribution in [-0.2, 0) is 42.2 Å². The van der Waals surface area contributed by atoms with E-state index in [-0.39, 0.29) is 11.0 Å². The van der Waals surface area contributed by atoms with Gasteiger partial charge in [-0.3, -0.25) is 0 Å². The molecule has 5 heteroatoms. The summed E-state index contributed by atoms with van der Waals surface area (Å²) in [6.07, 6.45) is 25.2. The van der Waals surface area contributed by atoms with E-state index in [9.17, 15) is 13.0 Å². The van der Waals surface area contributed by atoms with Crippen LogP contribution in [0.5, 0.6) is 0 Å². The largest absolute Gasteiger partial charge is 0.744 e. The van der Waals surface area contributed by atoms with Crippen LogP contribution in [0.4, 0.5) is 0 Å². The molecule has 0 aromatic heterocycles. The Balaban J connectivity index is 0.0000144. The third-order valence-corrected chi connectivity index (χ3v) is 9.15. The molecule has 0 amide bonds. The van der Waals surface area contributed by atoms with E-state index in [1.165, 1.54) is 68.1 Å². The van der Waals surface area contributed by atoms with E-state index in [2.05, 4.69) is 34.6 Å². The molecule has 0 saturated heterocycles. The van der Waals surface area contributed by atoms with Crippen molar-refractivity contribution >= 4 is 10.1 Å². The molecule has 0 aliphatic rings. The average molecular weight is 568 g/mol. The predicted molar refractivity (Wildman–Crippen MR) is 170 cm³/mol. The summed E-state index contributed by atoms with van der Waals surface area (Å²) < 4.78 is 38.8. The molecule has 0 bridgehead atoms. The second-order valence-electron chi connectivity index (χ2n) is 11.5. The fraction of sp³-hybridized carbons (Fsp3) is 0.824. The highest BCUT2D eigenvalue weighted by Crippen LogP contribution is 2.37. The summed E-state index contributed by atoms with van der Waals surface area (Å²) in [6.45, 7) is 11.0. The van der Waals surface area contributed by atoms with E-state index < -0.39 is 10.1 Å². The van der Waals surface area contributed by atoms with Crippen LogP contribution >= 0.6 is 0 Å². The molecule has 0 aliphatic heterocycles. The molecule has 0 heterocycles. The minimum Gasteiger partial charge on any atom is -0.744 e. The lowest BCUT2D eigenvalue weighted by molar-refractivity contribution is 0.459. The van der Waals surface area contributed by atoms with Gasteiger partial charge in [0.1, 0.15) is 10.1 Å².